The van der Waals surface area contributed by atoms with Crippen LogP contribution in [0.5, 0.6) is 0 Å². The molecule has 0 radical (unpaired) electrons. The molecule has 0 bridgehead atoms. The smallest absolute Gasteiger partial charge is 0.252 e. The van der Waals surface area contributed by atoms with Gasteiger partial charge in [0.05, 0.1) is 12.4 Å². The zero-order valence-electron chi connectivity index (χ0n) is 6.52. The molecule has 6 nitrogen and oxygen atoms in total. The summed E-state index contributed by atoms with van der Waals surface area (Å²) in [4.78, 5) is 14.6. The number of carbonyl (C=O) groups is 1. The second-order valence-corrected chi connectivity index (χ2v) is 1.95. The van der Waals surface area contributed by atoms with Crippen LogP contribution in [0.2, 0.25) is 0 Å². The summed E-state index contributed by atoms with van der Waals surface area (Å²) in [6.07, 6.45) is 2.86. The van der Waals surface area contributed by atoms with Crippen LogP contribution >= 0.6 is 0 Å². The predicted molar refractivity (Wildman–Crippen MR) is 40.3 cm³/mol. The average Bonchev–Trinajstić information content (AvgIpc) is 2.06. The van der Waals surface area contributed by atoms with Gasteiger partial charge in [0.1, 0.15) is 6.61 Å². The van der Waals surface area contributed by atoms with Gasteiger partial charge in [-0.2, -0.15) is 5.10 Å². The molecular formula is C6H8N4O2. The number of hydrogen-bond acceptors (Lipinski definition) is 5. The van der Waals surface area contributed by atoms with Gasteiger partial charge in [0.15, 0.2) is 0 Å². The maximum absolute atomic E-state index is 10.9. The zero-order valence-corrected chi connectivity index (χ0v) is 6.52. The molecule has 0 aromatic carbocycles. The number of methoxy groups -OCH3 is 1. The molecule has 0 aliphatic heterocycles. The summed E-state index contributed by atoms with van der Waals surface area (Å²) in [5.41, 5.74) is 0. The normalized spacial score (nSPS) is 9.42. The molecule has 0 unspecified atom stereocenters. The summed E-state index contributed by atoms with van der Waals surface area (Å²) in [7, 11) is 1.43. The van der Waals surface area contributed by atoms with E-state index >= 15 is 0 Å². The van der Waals surface area contributed by atoms with Crippen molar-refractivity contribution in [1.82, 2.24) is 15.2 Å². The Balaban J connectivity index is 2.47. The van der Waals surface area contributed by atoms with Gasteiger partial charge < -0.3 is 4.74 Å². The highest BCUT2D eigenvalue weighted by Crippen LogP contribution is 1.90. The fourth-order valence-corrected chi connectivity index (χ4v) is 0.597. The van der Waals surface area contributed by atoms with Gasteiger partial charge in [-0.05, 0) is 0 Å². The first kappa shape index (κ1) is 8.54. The minimum Gasteiger partial charge on any atom is -0.375 e. The molecule has 1 aromatic heterocycles. The Labute approximate surface area is 69.0 Å². The van der Waals surface area contributed by atoms with Crippen LogP contribution in [-0.2, 0) is 9.53 Å². The third-order valence-corrected chi connectivity index (χ3v) is 1.01. The Hall–Kier alpha value is -1.56. The topological polar surface area (TPSA) is 77.0 Å². The molecule has 0 aliphatic carbocycles. The highest BCUT2D eigenvalue weighted by molar-refractivity contribution is 5.89. The van der Waals surface area contributed by atoms with Gasteiger partial charge in [0.25, 0.3) is 5.91 Å². The van der Waals surface area contributed by atoms with E-state index in [0.717, 1.165) is 0 Å². The SMILES string of the molecule is COCC(=O)Nc1nccnn1. The second-order valence-electron chi connectivity index (χ2n) is 1.95. The third kappa shape index (κ3) is 2.59. The van der Waals surface area contributed by atoms with Gasteiger partial charge in [-0.25, -0.2) is 4.98 Å². The van der Waals surface area contributed by atoms with E-state index in [-0.39, 0.29) is 18.5 Å². The molecule has 64 valence electrons. The van der Waals surface area contributed by atoms with Crippen LogP contribution in [0.4, 0.5) is 5.95 Å². The number of aromatic nitrogens is 3. The molecule has 1 aromatic rings. The van der Waals surface area contributed by atoms with E-state index in [0.29, 0.717) is 0 Å². The highest BCUT2D eigenvalue weighted by atomic mass is 16.5. The predicted octanol–water partition coefficient (Wildman–Crippen LogP) is -0.544. The van der Waals surface area contributed by atoms with Crippen LogP contribution in [0, 0.1) is 0 Å². The third-order valence-electron chi connectivity index (χ3n) is 1.01. The number of carbonyl (C=O) groups excluding carboxylic acids is 1. The molecule has 6 heteroatoms. The van der Waals surface area contributed by atoms with E-state index in [4.69, 9.17) is 0 Å². The van der Waals surface area contributed by atoms with Gasteiger partial charge >= 0.3 is 0 Å². The van der Waals surface area contributed by atoms with Crippen molar-refractivity contribution in [3.05, 3.63) is 12.4 Å². The number of nitrogens with one attached hydrogen (secondary N) is 1. The molecule has 0 saturated carbocycles. The number of nitrogens with zero attached hydrogens (tertiary/aromatic N) is 3. The first-order valence-electron chi connectivity index (χ1n) is 3.25. The molecule has 12 heavy (non-hydrogen) atoms. The Morgan fingerprint density at radius 1 is 1.67 bits per heavy atom. The number of amides is 1. The lowest BCUT2D eigenvalue weighted by Crippen LogP contribution is -2.18. The van der Waals surface area contributed by atoms with Crippen LogP contribution in [0.1, 0.15) is 0 Å². The number of rotatable bonds is 3. The molecule has 1 rings (SSSR count). The van der Waals surface area contributed by atoms with Crippen molar-refractivity contribution in [3.63, 3.8) is 0 Å². The summed E-state index contributed by atoms with van der Waals surface area (Å²) in [6, 6.07) is 0. The van der Waals surface area contributed by atoms with E-state index in [1.807, 2.05) is 0 Å². The molecule has 1 heterocycles. The number of anilines is 1. The molecule has 0 fully saturated rings. The molecule has 0 atom stereocenters. The Bertz CT molecular complexity index is 251. The lowest BCUT2D eigenvalue weighted by molar-refractivity contribution is -0.119. The van der Waals surface area contributed by atoms with Crippen molar-refractivity contribution in [2.45, 2.75) is 0 Å². The largest absolute Gasteiger partial charge is 0.375 e. The number of ether oxygens (including phenoxy) is 1. The van der Waals surface area contributed by atoms with Crippen molar-refractivity contribution in [2.75, 3.05) is 19.0 Å². The van der Waals surface area contributed by atoms with E-state index in [9.17, 15) is 4.79 Å². The highest BCUT2D eigenvalue weighted by Gasteiger charge is 2.01. The molecule has 0 spiro atoms. The fraction of sp³-hybridized carbons (Fsp3) is 0.333. The standard InChI is InChI=1S/C6H8N4O2/c1-12-4-5(11)9-6-7-2-3-8-10-6/h2-3H,4H2,1H3,(H,7,9,10,11). The van der Waals surface area contributed by atoms with Crippen LogP contribution in [0.15, 0.2) is 12.4 Å². The van der Waals surface area contributed by atoms with E-state index in [1.54, 1.807) is 0 Å². The molecule has 1 N–H and O–H groups in total. The first-order valence-corrected chi connectivity index (χ1v) is 3.25. The van der Waals surface area contributed by atoms with E-state index in [2.05, 4.69) is 25.2 Å². The lowest BCUT2D eigenvalue weighted by Gasteiger charge is -1.99. The molecular weight excluding hydrogens is 160 g/mol. The van der Waals surface area contributed by atoms with Crippen molar-refractivity contribution in [1.29, 1.82) is 0 Å². The second kappa shape index (κ2) is 4.35. The quantitative estimate of drug-likeness (QED) is 0.655. The van der Waals surface area contributed by atoms with Gasteiger partial charge in [-0.1, -0.05) is 0 Å². The van der Waals surface area contributed by atoms with Crippen molar-refractivity contribution >= 4 is 11.9 Å². The summed E-state index contributed by atoms with van der Waals surface area (Å²) >= 11 is 0. The van der Waals surface area contributed by atoms with Gasteiger partial charge in [-0.3, -0.25) is 10.1 Å². The van der Waals surface area contributed by atoms with Gasteiger partial charge in [0, 0.05) is 7.11 Å². The summed E-state index contributed by atoms with van der Waals surface area (Å²) in [5, 5.41) is 9.48. The zero-order chi connectivity index (χ0) is 8.81. The van der Waals surface area contributed by atoms with E-state index < -0.39 is 0 Å². The minimum absolute atomic E-state index is 0.0156. The van der Waals surface area contributed by atoms with Crippen LogP contribution in [0.25, 0.3) is 0 Å². The Kier molecular flexibility index (Phi) is 3.09. The van der Waals surface area contributed by atoms with Crippen LogP contribution in [0.3, 0.4) is 0 Å². The van der Waals surface area contributed by atoms with E-state index in [1.165, 1.54) is 19.5 Å². The van der Waals surface area contributed by atoms with Crippen molar-refractivity contribution in [3.8, 4) is 0 Å². The van der Waals surface area contributed by atoms with Gasteiger partial charge in [0.2, 0.25) is 5.95 Å². The van der Waals surface area contributed by atoms with Crippen LogP contribution in [-0.4, -0.2) is 34.8 Å². The Morgan fingerprint density at radius 2 is 2.50 bits per heavy atom. The molecule has 0 aliphatic rings. The molecule has 0 saturated heterocycles. The Morgan fingerprint density at radius 3 is 3.08 bits per heavy atom. The van der Waals surface area contributed by atoms with Crippen molar-refractivity contribution < 1.29 is 9.53 Å². The van der Waals surface area contributed by atoms with Crippen molar-refractivity contribution in [2.24, 2.45) is 0 Å². The molecule has 1 amide bonds. The lowest BCUT2D eigenvalue weighted by atomic mass is 10.6. The summed E-state index contributed by atoms with van der Waals surface area (Å²) in [5.74, 6) is -0.120. The fourth-order valence-electron chi connectivity index (χ4n) is 0.597. The first-order chi connectivity index (χ1) is 5.83. The van der Waals surface area contributed by atoms with Gasteiger partial charge in [-0.15, -0.1) is 5.10 Å². The average molecular weight is 168 g/mol. The summed E-state index contributed by atoms with van der Waals surface area (Å²) < 4.78 is 4.59. The maximum atomic E-state index is 10.9. The maximum Gasteiger partial charge on any atom is 0.252 e. The summed E-state index contributed by atoms with van der Waals surface area (Å²) in [6.45, 7) is -0.0156. The number of hydrogen-bond donors (Lipinski definition) is 1. The monoisotopic (exact) mass is 168 g/mol. The van der Waals surface area contributed by atoms with Crippen LogP contribution < -0.4 is 5.32 Å². The minimum atomic E-state index is -0.300.